The van der Waals surface area contributed by atoms with Crippen molar-refractivity contribution in [2.45, 2.75) is 71.0 Å². The molecule has 3 nitrogen and oxygen atoms in total. The molecule has 0 radical (unpaired) electrons. The molecule has 0 amide bonds. The summed E-state index contributed by atoms with van der Waals surface area (Å²) in [6.07, 6.45) is 5.27. The van der Waals surface area contributed by atoms with Crippen molar-refractivity contribution in [3.05, 3.63) is 12.2 Å². The zero-order valence-electron chi connectivity index (χ0n) is 15.1. The Balaban J connectivity index is 1.60. The summed E-state index contributed by atoms with van der Waals surface area (Å²) in [5.74, 6) is 2.68. The van der Waals surface area contributed by atoms with Crippen LogP contribution in [0.25, 0.3) is 0 Å². The first-order chi connectivity index (χ1) is 11.3. The van der Waals surface area contributed by atoms with Gasteiger partial charge in [0.15, 0.2) is 11.9 Å². The lowest BCUT2D eigenvalue weighted by molar-refractivity contribution is -0.141. The standard InChI is InChI=1S/C21H28O3/c1-11-10-16(22)18-21(24-18)12(2)9-13-14-5-6-17(23)19(14,3)8-7-15(13)20(11,21)4/h11,13-15,18H,2,5-10H2,1,3-4H3/t11-,13+,14+,15+,18?,19+,20-,21?/m1/s1. The summed E-state index contributed by atoms with van der Waals surface area (Å²) in [5.41, 5.74) is 0.636. The van der Waals surface area contributed by atoms with E-state index in [1.54, 1.807) is 0 Å². The van der Waals surface area contributed by atoms with Crippen LogP contribution >= 0.6 is 0 Å². The number of ketones is 2. The van der Waals surface area contributed by atoms with Crippen LogP contribution < -0.4 is 0 Å². The van der Waals surface area contributed by atoms with Gasteiger partial charge in [-0.1, -0.05) is 27.4 Å². The molecule has 1 spiro atoms. The zero-order valence-corrected chi connectivity index (χ0v) is 15.1. The topological polar surface area (TPSA) is 46.7 Å². The van der Waals surface area contributed by atoms with Gasteiger partial charge in [0, 0.05) is 23.7 Å². The van der Waals surface area contributed by atoms with Crippen molar-refractivity contribution in [3.63, 3.8) is 0 Å². The fraction of sp³-hybridized carbons (Fsp3) is 0.810. The summed E-state index contributed by atoms with van der Waals surface area (Å²) in [7, 11) is 0. The number of epoxide rings is 1. The van der Waals surface area contributed by atoms with Crippen LogP contribution in [0.2, 0.25) is 0 Å². The maximum absolute atomic E-state index is 12.5. The molecule has 1 saturated heterocycles. The van der Waals surface area contributed by atoms with Crippen LogP contribution in [0.4, 0.5) is 0 Å². The Morgan fingerprint density at radius 1 is 1.12 bits per heavy atom. The first-order valence-electron chi connectivity index (χ1n) is 9.69. The fourth-order valence-electron chi connectivity index (χ4n) is 7.66. The quantitative estimate of drug-likeness (QED) is 0.503. The highest BCUT2D eigenvalue weighted by molar-refractivity contribution is 5.90. The van der Waals surface area contributed by atoms with Gasteiger partial charge in [0.1, 0.15) is 11.4 Å². The third kappa shape index (κ3) is 1.39. The van der Waals surface area contributed by atoms with Gasteiger partial charge in [0.25, 0.3) is 0 Å². The van der Waals surface area contributed by atoms with Gasteiger partial charge in [0.2, 0.25) is 0 Å². The van der Waals surface area contributed by atoms with E-state index in [-0.39, 0.29) is 28.3 Å². The lowest BCUT2D eigenvalue weighted by Crippen LogP contribution is -2.61. The third-order valence-corrected chi connectivity index (χ3v) is 9.16. The molecule has 1 aliphatic heterocycles. The highest BCUT2D eigenvalue weighted by atomic mass is 16.6. The van der Waals surface area contributed by atoms with E-state index in [9.17, 15) is 9.59 Å². The summed E-state index contributed by atoms with van der Waals surface area (Å²) in [6.45, 7) is 11.2. The Morgan fingerprint density at radius 2 is 1.88 bits per heavy atom. The second-order valence-corrected chi connectivity index (χ2v) is 9.69. The molecule has 1 heterocycles. The van der Waals surface area contributed by atoms with E-state index >= 15 is 0 Å². The van der Waals surface area contributed by atoms with Crippen LogP contribution in [-0.4, -0.2) is 23.3 Å². The van der Waals surface area contributed by atoms with Crippen molar-refractivity contribution in [1.29, 1.82) is 0 Å². The van der Waals surface area contributed by atoms with Gasteiger partial charge in [-0.25, -0.2) is 0 Å². The number of fused-ring (bicyclic) bond motifs is 4. The number of ether oxygens (including phenoxy) is 1. The number of hydrogen-bond acceptors (Lipinski definition) is 3. The van der Waals surface area contributed by atoms with E-state index in [2.05, 4.69) is 27.4 Å². The van der Waals surface area contributed by atoms with Gasteiger partial charge < -0.3 is 4.74 Å². The third-order valence-electron chi connectivity index (χ3n) is 9.16. The van der Waals surface area contributed by atoms with E-state index in [4.69, 9.17) is 4.74 Å². The van der Waals surface area contributed by atoms with Crippen LogP contribution in [0.15, 0.2) is 12.2 Å². The maximum atomic E-state index is 12.5. The molecule has 2 unspecified atom stereocenters. The lowest BCUT2D eigenvalue weighted by atomic mass is 9.42. The van der Waals surface area contributed by atoms with E-state index in [1.807, 2.05) is 0 Å². The van der Waals surface area contributed by atoms with E-state index in [0.717, 1.165) is 37.7 Å². The second kappa shape index (κ2) is 4.23. The van der Waals surface area contributed by atoms with Crippen LogP contribution in [0.1, 0.15) is 59.3 Å². The number of hydrogen-bond donors (Lipinski definition) is 0. The van der Waals surface area contributed by atoms with Crippen molar-refractivity contribution >= 4 is 11.6 Å². The molecular weight excluding hydrogens is 300 g/mol. The molecule has 130 valence electrons. The number of carbonyl (C=O) groups is 2. The zero-order chi connectivity index (χ0) is 17.1. The van der Waals surface area contributed by atoms with Gasteiger partial charge in [-0.3, -0.25) is 9.59 Å². The largest absolute Gasteiger partial charge is 0.352 e. The van der Waals surface area contributed by atoms with E-state index < -0.39 is 0 Å². The first-order valence-corrected chi connectivity index (χ1v) is 9.69. The molecule has 0 N–H and O–H groups in total. The first kappa shape index (κ1) is 15.3. The predicted molar refractivity (Wildman–Crippen MR) is 90.3 cm³/mol. The second-order valence-electron chi connectivity index (χ2n) is 9.69. The van der Waals surface area contributed by atoms with Crippen molar-refractivity contribution in [2.24, 2.45) is 34.5 Å². The molecule has 5 fully saturated rings. The normalized spacial score (nSPS) is 58.6. The highest BCUT2D eigenvalue weighted by Gasteiger charge is 2.79. The molecular formula is C21H28O3. The average molecular weight is 328 g/mol. The molecule has 4 aliphatic carbocycles. The number of Topliss-reactive ketones (excluding diaryl/α,β-unsaturated/α-hetero) is 2. The van der Waals surface area contributed by atoms with Crippen LogP contribution in [0.5, 0.6) is 0 Å². The van der Waals surface area contributed by atoms with Gasteiger partial charge in [-0.15, -0.1) is 0 Å². The van der Waals surface area contributed by atoms with Crippen molar-refractivity contribution in [1.82, 2.24) is 0 Å². The Kier molecular flexibility index (Phi) is 2.70. The van der Waals surface area contributed by atoms with Crippen molar-refractivity contribution in [2.75, 3.05) is 0 Å². The lowest BCUT2D eigenvalue weighted by Gasteiger charge is -2.60. The van der Waals surface area contributed by atoms with Gasteiger partial charge >= 0.3 is 0 Å². The molecule has 8 atom stereocenters. The summed E-state index contributed by atoms with van der Waals surface area (Å²) in [6, 6.07) is 0. The highest BCUT2D eigenvalue weighted by Crippen LogP contribution is 2.74. The summed E-state index contributed by atoms with van der Waals surface area (Å²) in [5, 5.41) is 0. The summed E-state index contributed by atoms with van der Waals surface area (Å²) < 4.78 is 6.16. The minimum atomic E-state index is -0.390. The SMILES string of the molecule is C=C1C[C@@H]2[C@H](CC[C@]3(C)C(=O)CC[C@@H]23)[C@@]2(C)[C@H](C)CC(=O)C3OC132. The Morgan fingerprint density at radius 3 is 2.62 bits per heavy atom. The van der Waals surface area contributed by atoms with Gasteiger partial charge in [0.05, 0.1) is 0 Å². The average Bonchev–Trinajstić information content (AvgIpc) is 3.22. The van der Waals surface area contributed by atoms with Crippen LogP contribution in [-0.2, 0) is 14.3 Å². The minimum Gasteiger partial charge on any atom is -0.352 e. The molecule has 5 rings (SSSR count). The molecule has 0 aromatic rings. The molecule has 4 saturated carbocycles. The Bertz CT molecular complexity index is 681. The van der Waals surface area contributed by atoms with Crippen molar-refractivity contribution < 1.29 is 14.3 Å². The van der Waals surface area contributed by atoms with Crippen LogP contribution in [0, 0.1) is 34.5 Å². The van der Waals surface area contributed by atoms with Gasteiger partial charge in [-0.2, -0.15) is 0 Å². The Labute approximate surface area is 144 Å². The molecule has 0 bridgehead atoms. The van der Waals surface area contributed by atoms with Crippen LogP contribution in [0.3, 0.4) is 0 Å². The molecule has 0 aromatic heterocycles. The van der Waals surface area contributed by atoms with E-state index in [1.165, 1.54) is 0 Å². The number of rotatable bonds is 0. The smallest absolute Gasteiger partial charge is 0.165 e. The molecule has 3 heteroatoms. The molecule has 5 aliphatic rings. The molecule has 24 heavy (non-hydrogen) atoms. The summed E-state index contributed by atoms with van der Waals surface area (Å²) in [4.78, 5) is 24.9. The molecule has 0 aromatic carbocycles. The Hall–Kier alpha value is -0.960. The maximum Gasteiger partial charge on any atom is 0.165 e. The minimum absolute atomic E-state index is 0.00144. The fourth-order valence-corrected chi connectivity index (χ4v) is 7.66. The monoisotopic (exact) mass is 328 g/mol. The summed E-state index contributed by atoms with van der Waals surface area (Å²) >= 11 is 0. The number of carbonyl (C=O) groups excluding carboxylic acids is 2. The van der Waals surface area contributed by atoms with Gasteiger partial charge in [-0.05, 0) is 54.9 Å². The van der Waals surface area contributed by atoms with E-state index in [0.29, 0.717) is 35.9 Å². The predicted octanol–water partition coefficient (Wildman–Crippen LogP) is 3.71. The van der Waals surface area contributed by atoms with Crippen molar-refractivity contribution in [3.8, 4) is 0 Å².